The second-order valence-corrected chi connectivity index (χ2v) is 6.59. The molecule has 3 rings (SSSR count). The minimum atomic E-state index is 0.117. The topological polar surface area (TPSA) is 41.0 Å². The highest BCUT2D eigenvalue weighted by Gasteiger charge is 2.32. The minimum Gasteiger partial charge on any atom is -0.370 e. The van der Waals surface area contributed by atoms with Crippen molar-refractivity contribution < 1.29 is 0 Å². The van der Waals surface area contributed by atoms with Gasteiger partial charge in [-0.2, -0.15) is 0 Å². The van der Waals surface area contributed by atoms with Gasteiger partial charge >= 0.3 is 0 Å². The lowest BCUT2D eigenvalue weighted by Crippen LogP contribution is -2.42. The average Bonchev–Trinajstić information content (AvgIpc) is 2.46. The van der Waals surface area contributed by atoms with Crippen LogP contribution in [-0.2, 0) is 12.0 Å². The molecule has 1 aliphatic heterocycles. The molecule has 0 radical (unpaired) electrons. The molecule has 22 heavy (non-hydrogen) atoms. The summed E-state index contributed by atoms with van der Waals surface area (Å²) in [5.74, 6) is 2.72. The summed E-state index contributed by atoms with van der Waals surface area (Å²) in [4.78, 5) is 11.5. The Morgan fingerprint density at radius 2 is 2.00 bits per heavy atom. The van der Waals surface area contributed by atoms with Crippen molar-refractivity contribution in [3.8, 4) is 0 Å². The van der Waals surface area contributed by atoms with Gasteiger partial charge in [-0.05, 0) is 25.0 Å². The number of aryl methyl sites for hydroxylation is 1. The van der Waals surface area contributed by atoms with Crippen LogP contribution in [0.3, 0.4) is 0 Å². The largest absolute Gasteiger partial charge is 0.370 e. The smallest absolute Gasteiger partial charge is 0.134 e. The van der Waals surface area contributed by atoms with Crippen molar-refractivity contribution in [2.24, 2.45) is 0 Å². The lowest BCUT2D eigenvalue weighted by Gasteiger charge is -2.40. The highest BCUT2D eigenvalue weighted by Crippen LogP contribution is 2.35. The van der Waals surface area contributed by atoms with Crippen LogP contribution in [0.15, 0.2) is 30.3 Å². The fourth-order valence-corrected chi connectivity index (χ4v) is 3.29. The first-order chi connectivity index (χ1) is 10.5. The second-order valence-electron chi connectivity index (χ2n) is 6.59. The highest BCUT2D eigenvalue weighted by molar-refractivity contribution is 5.53. The van der Waals surface area contributed by atoms with E-state index in [1.165, 1.54) is 11.1 Å². The zero-order chi connectivity index (χ0) is 15.7. The van der Waals surface area contributed by atoms with Crippen LogP contribution in [0.25, 0.3) is 0 Å². The molecule has 0 saturated heterocycles. The summed E-state index contributed by atoms with van der Waals surface area (Å²) in [7, 11) is 0. The van der Waals surface area contributed by atoms with E-state index in [1.807, 2.05) is 6.92 Å². The molecular weight excluding hydrogens is 272 g/mol. The van der Waals surface area contributed by atoms with E-state index in [1.54, 1.807) is 0 Å². The highest BCUT2D eigenvalue weighted by atomic mass is 15.2. The van der Waals surface area contributed by atoms with Crippen LogP contribution in [0.2, 0.25) is 0 Å². The van der Waals surface area contributed by atoms with E-state index in [9.17, 15) is 0 Å². The van der Waals surface area contributed by atoms with Crippen LogP contribution >= 0.6 is 0 Å². The Kier molecular flexibility index (Phi) is 3.77. The van der Waals surface area contributed by atoms with Crippen LogP contribution in [-0.4, -0.2) is 23.1 Å². The Labute approximate surface area is 132 Å². The molecule has 0 saturated carbocycles. The maximum Gasteiger partial charge on any atom is 0.134 e. The van der Waals surface area contributed by atoms with Gasteiger partial charge in [0.05, 0.1) is 0 Å². The molecule has 1 N–H and O–H groups in total. The molecule has 2 heterocycles. The van der Waals surface area contributed by atoms with E-state index >= 15 is 0 Å². The van der Waals surface area contributed by atoms with Crippen molar-refractivity contribution in [3.05, 3.63) is 47.3 Å². The molecule has 4 nitrogen and oxygen atoms in total. The second kappa shape index (κ2) is 5.59. The SMILES string of the molecule is CCNc1cc(N2Cc3ccccc3C(C)(C)C2)nc(C)n1. The number of hydrogen-bond acceptors (Lipinski definition) is 4. The van der Waals surface area contributed by atoms with E-state index in [2.05, 4.69) is 71.3 Å². The molecule has 4 heteroatoms. The molecule has 0 spiro atoms. The number of rotatable bonds is 3. The molecule has 1 aromatic carbocycles. The van der Waals surface area contributed by atoms with Crippen molar-refractivity contribution >= 4 is 11.6 Å². The van der Waals surface area contributed by atoms with Gasteiger partial charge in [0.15, 0.2) is 0 Å². The molecule has 0 atom stereocenters. The van der Waals surface area contributed by atoms with Crippen LogP contribution in [0.1, 0.15) is 37.7 Å². The zero-order valence-corrected chi connectivity index (χ0v) is 13.8. The monoisotopic (exact) mass is 296 g/mol. The van der Waals surface area contributed by atoms with Gasteiger partial charge in [0, 0.05) is 31.1 Å². The Bertz CT molecular complexity index is 679. The van der Waals surface area contributed by atoms with Gasteiger partial charge < -0.3 is 10.2 Å². The van der Waals surface area contributed by atoms with Gasteiger partial charge in [0.1, 0.15) is 17.5 Å². The first-order valence-corrected chi connectivity index (χ1v) is 7.92. The van der Waals surface area contributed by atoms with E-state index in [4.69, 9.17) is 0 Å². The van der Waals surface area contributed by atoms with Gasteiger partial charge in [-0.25, -0.2) is 9.97 Å². The zero-order valence-electron chi connectivity index (χ0n) is 13.8. The third-order valence-corrected chi connectivity index (χ3v) is 4.20. The Hall–Kier alpha value is -2.10. The molecule has 0 amide bonds. The Morgan fingerprint density at radius 1 is 1.23 bits per heavy atom. The molecule has 0 fully saturated rings. The molecule has 0 unspecified atom stereocenters. The average molecular weight is 296 g/mol. The van der Waals surface area contributed by atoms with E-state index in [0.717, 1.165) is 37.1 Å². The molecule has 0 aliphatic carbocycles. The van der Waals surface area contributed by atoms with Crippen molar-refractivity contribution in [2.45, 2.75) is 39.7 Å². The van der Waals surface area contributed by atoms with Crippen LogP contribution < -0.4 is 10.2 Å². The number of nitrogens with one attached hydrogen (secondary N) is 1. The molecule has 1 aromatic heterocycles. The minimum absolute atomic E-state index is 0.117. The Morgan fingerprint density at radius 3 is 2.77 bits per heavy atom. The lowest BCUT2D eigenvalue weighted by molar-refractivity contribution is 0.474. The number of aromatic nitrogens is 2. The maximum absolute atomic E-state index is 4.65. The third kappa shape index (κ3) is 2.78. The number of benzene rings is 1. The van der Waals surface area contributed by atoms with Gasteiger partial charge in [0.25, 0.3) is 0 Å². The van der Waals surface area contributed by atoms with Gasteiger partial charge in [-0.15, -0.1) is 0 Å². The number of fused-ring (bicyclic) bond motifs is 1. The molecule has 0 bridgehead atoms. The predicted octanol–water partition coefficient (Wildman–Crippen LogP) is 3.51. The van der Waals surface area contributed by atoms with Crippen LogP contribution in [0.5, 0.6) is 0 Å². The van der Waals surface area contributed by atoms with Crippen LogP contribution in [0.4, 0.5) is 11.6 Å². The van der Waals surface area contributed by atoms with Gasteiger partial charge in [-0.3, -0.25) is 0 Å². The third-order valence-electron chi connectivity index (χ3n) is 4.20. The molecular formula is C18H24N4. The van der Waals surface area contributed by atoms with E-state index in [-0.39, 0.29) is 5.41 Å². The lowest BCUT2D eigenvalue weighted by atomic mass is 9.78. The number of nitrogens with zero attached hydrogens (tertiary/aromatic N) is 3. The van der Waals surface area contributed by atoms with Crippen molar-refractivity contribution in [2.75, 3.05) is 23.3 Å². The fourth-order valence-electron chi connectivity index (χ4n) is 3.29. The summed E-state index contributed by atoms with van der Waals surface area (Å²) in [5, 5.41) is 3.29. The van der Waals surface area contributed by atoms with E-state index < -0.39 is 0 Å². The first kappa shape index (κ1) is 14.8. The van der Waals surface area contributed by atoms with Crippen molar-refractivity contribution in [1.82, 2.24) is 9.97 Å². The van der Waals surface area contributed by atoms with E-state index in [0.29, 0.717) is 0 Å². The molecule has 2 aromatic rings. The quantitative estimate of drug-likeness (QED) is 0.941. The normalized spacial score (nSPS) is 16.3. The van der Waals surface area contributed by atoms with Crippen molar-refractivity contribution in [3.63, 3.8) is 0 Å². The maximum atomic E-state index is 4.65. The van der Waals surface area contributed by atoms with Gasteiger partial charge in [-0.1, -0.05) is 38.1 Å². The fraction of sp³-hybridized carbons (Fsp3) is 0.444. The number of anilines is 2. The standard InChI is InChI=1S/C18H24N4/c1-5-19-16-10-17(21-13(2)20-16)22-11-14-8-6-7-9-15(14)18(3,4)12-22/h6-10H,5,11-12H2,1-4H3,(H,19,20,21). The summed E-state index contributed by atoms with van der Waals surface area (Å²) in [6.07, 6.45) is 0. The summed E-state index contributed by atoms with van der Waals surface area (Å²) >= 11 is 0. The Balaban J connectivity index is 1.97. The number of hydrogen-bond donors (Lipinski definition) is 1. The molecule has 1 aliphatic rings. The first-order valence-electron chi connectivity index (χ1n) is 7.92. The van der Waals surface area contributed by atoms with Gasteiger partial charge in [0.2, 0.25) is 0 Å². The summed E-state index contributed by atoms with van der Waals surface area (Å²) < 4.78 is 0. The predicted molar refractivity (Wildman–Crippen MR) is 91.5 cm³/mol. The van der Waals surface area contributed by atoms with Crippen molar-refractivity contribution in [1.29, 1.82) is 0 Å². The summed E-state index contributed by atoms with van der Waals surface area (Å²) in [5.41, 5.74) is 2.95. The summed E-state index contributed by atoms with van der Waals surface area (Å²) in [6.45, 7) is 11.4. The summed E-state index contributed by atoms with van der Waals surface area (Å²) in [6, 6.07) is 10.8. The molecule has 116 valence electrons. The van der Waals surface area contributed by atoms with Crippen LogP contribution in [0, 0.1) is 6.92 Å².